The van der Waals surface area contributed by atoms with Gasteiger partial charge in [-0.05, 0) is 65.8 Å². The largest absolute Gasteiger partial charge is 0.369 e. The first-order valence-corrected chi connectivity index (χ1v) is 10.5. The zero-order chi connectivity index (χ0) is 19.1. The van der Waals surface area contributed by atoms with Crippen LogP contribution in [0.1, 0.15) is 5.56 Å². The number of aromatic nitrogens is 3. The van der Waals surface area contributed by atoms with Gasteiger partial charge in [0.1, 0.15) is 0 Å². The summed E-state index contributed by atoms with van der Waals surface area (Å²) in [5.74, 6) is 0.636. The number of hydrogen-bond acceptors (Lipinski definition) is 5. The van der Waals surface area contributed by atoms with Crippen LogP contribution in [-0.2, 0) is 13.0 Å². The quantitative estimate of drug-likeness (QED) is 0.616. The van der Waals surface area contributed by atoms with Gasteiger partial charge in [-0.15, -0.1) is 12.4 Å². The van der Waals surface area contributed by atoms with Crippen molar-refractivity contribution >= 4 is 45.7 Å². The van der Waals surface area contributed by atoms with Crippen LogP contribution in [0.4, 0.5) is 17.3 Å². The van der Waals surface area contributed by atoms with Gasteiger partial charge < -0.3 is 19.7 Å². The van der Waals surface area contributed by atoms with Gasteiger partial charge in [-0.25, -0.2) is 9.97 Å². The van der Waals surface area contributed by atoms with Crippen molar-refractivity contribution in [2.45, 2.75) is 13.0 Å². The fourth-order valence-electron chi connectivity index (χ4n) is 3.93. The summed E-state index contributed by atoms with van der Waals surface area (Å²) in [7, 11) is 2.18. The highest BCUT2D eigenvalue weighted by molar-refractivity contribution is 9.10. The highest BCUT2D eigenvalue weighted by atomic mass is 79.9. The third-order valence-electron chi connectivity index (χ3n) is 5.63. The summed E-state index contributed by atoms with van der Waals surface area (Å²) in [5.41, 5.74) is 5.64. The smallest absolute Gasteiger partial charge is 0.227 e. The zero-order valence-corrected chi connectivity index (χ0v) is 18.7. The number of nitrogens with one attached hydrogen (secondary N) is 1. The predicted molar refractivity (Wildman–Crippen MR) is 124 cm³/mol. The van der Waals surface area contributed by atoms with Crippen molar-refractivity contribution in [2.24, 2.45) is 0 Å². The number of piperazine rings is 1. The fourth-order valence-corrected chi connectivity index (χ4v) is 4.43. The molecule has 0 amide bonds. The van der Waals surface area contributed by atoms with E-state index in [1.165, 1.54) is 11.3 Å². The van der Waals surface area contributed by atoms with Crippen LogP contribution in [0.15, 0.2) is 47.2 Å². The molecule has 152 valence electrons. The van der Waals surface area contributed by atoms with Gasteiger partial charge in [0, 0.05) is 55.9 Å². The Bertz CT molecular complexity index is 995. The normalized spacial score (nSPS) is 16.0. The Hall–Kier alpha value is -2.09. The van der Waals surface area contributed by atoms with Gasteiger partial charge in [-0.1, -0.05) is 0 Å². The first-order valence-electron chi connectivity index (χ1n) is 9.69. The summed E-state index contributed by atoms with van der Waals surface area (Å²) in [6, 6.07) is 12.8. The summed E-state index contributed by atoms with van der Waals surface area (Å²) in [6.45, 7) is 5.33. The van der Waals surface area contributed by atoms with E-state index in [2.05, 4.69) is 84.0 Å². The average molecular weight is 476 g/mol. The summed E-state index contributed by atoms with van der Waals surface area (Å²) in [4.78, 5) is 14.1. The Labute approximate surface area is 185 Å². The van der Waals surface area contributed by atoms with E-state index in [-0.39, 0.29) is 12.4 Å². The molecule has 2 aromatic heterocycles. The Kier molecular flexibility index (Phi) is 5.81. The van der Waals surface area contributed by atoms with Crippen molar-refractivity contribution < 1.29 is 0 Å². The van der Waals surface area contributed by atoms with E-state index >= 15 is 0 Å². The number of likely N-dealkylation sites (N-methyl/N-ethyl adjacent to an activating group) is 1. The lowest BCUT2D eigenvalue weighted by Crippen LogP contribution is -2.44. The van der Waals surface area contributed by atoms with Crippen molar-refractivity contribution in [3.63, 3.8) is 0 Å². The molecule has 0 bridgehead atoms. The van der Waals surface area contributed by atoms with Crippen LogP contribution >= 0.6 is 28.3 Å². The topological polar surface area (TPSA) is 49.2 Å². The van der Waals surface area contributed by atoms with Gasteiger partial charge >= 0.3 is 0 Å². The Balaban J connectivity index is 0.00000205. The molecule has 5 rings (SSSR count). The summed E-state index contributed by atoms with van der Waals surface area (Å²) < 4.78 is 3.35. The van der Waals surface area contributed by atoms with Gasteiger partial charge in [-0.3, -0.25) is 0 Å². The van der Waals surface area contributed by atoms with Crippen LogP contribution in [0.25, 0.3) is 11.4 Å². The number of hydrogen-bond donors (Lipinski definition) is 1. The molecule has 2 aliphatic heterocycles. The minimum Gasteiger partial charge on any atom is -0.369 e. The maximum absolute atomic E-state index is 4.80. The Morgan fingerprint density at radius 1 is 0.966 bits per heavy atom. The van der Waals surface area contributed by atoms with E-state index in [1.54, 1.807) is 0 Å². The first kappa shape index (κ1) is 20.2. The van der Waals surface area contributed by atoms with Gasteiger partial charge in [0.05, 0.1) is 16.0 Å². The minimum atomic E-state index is 0. The number of fused-ring (bicyclic) bond motifs is 3. The number of aryl methyl sites for hydroxylation is 1. The van der Waals surface area contributed by atoms with Crippen LogP contribution < -0.4 is 10.2 Å². The second-order valence-electron chi connectivity index (χ2n) is 7.47. The maximum Gasteiger partial charge on any atom is 0.227 e. The monoisotopic (exact) mass is 474 g/mol. The number of nitrogens with zero attached hydrogens (tertiary/aromatic N) is 5. The molecule has 0 aliphatic carbocycles. The summed E-state index contributed by atoms with van der Waals surface area (Å²) in [5, 5.41) is 3.36. The summed E-state index contributed by atoms with van der Waals surface area (Å²) in [6.07, 6.45) is 2.91. The molecule has 0 atom stereocenters. The molecule has 2 aliphatic rings. The second-order valence-corrected chi connectivity index (χ2v) is 8.29. The molecule has 0 unspecified atom stereocenters. The van der Waals surface area contributed by atoms with E-state index < -0.39 is 0 Å². The van der Waals surface area contributed by atoms with Gasteiger partial charge in [0.2, 0.25) is 5.95 Å². The van der Waals surface area contributed by atoms with Gasteiger partial charge in [0.25, 0.3) is 0 Å². The lowest BCUT2D eigenvalue weighted by molar-refractivity contribution is 0.313. The highest BCUT2D eigenvalue weighted by Gasteiger charge is 2.20. The lowest BCUT2D eigenvalue weighted by atomic mass is 10.1. The van der Waals surface area contributed by atoms with Crippen LogP contribution in [0, 0.1) is 0 Å². The lowest BCUT2D eigenvalue weighted by Gasteiger charge is -2.34. The molecule has 0 spiro atoms. The predicted octanol–water partition coefficient (Wildman–Crippen LogP) is 4.18. The van der Waals surface area contributed by atoms with Crippen LogP contribution in [0.5, 0.6) is 0 Å². The zero-order valence-electron chi connectivity index (χ0n) is 16.3. The number of rotatable bonds is 3. The van der Waals surface area contributed by atoms with Crippen LogP contribution in [0.2, 0.25) is 0 Å². The molecule has 8 heteroatoms. The molecule has 1 N–H and O–H groups in total. The third-order valence-corrected chi connectivity index (χ3v) is 6.32. The molecule has 4 heterocycles. The van der Waals surface area contributed by atoms with Crippen molar-refractivity contribution in [2.75, 3.05) is 43.4 Å². The first-order chi connectivity index (χ1) is 13.7. The molecule has 6 nitrogen and oxygen atoms in total. The average Bonchev–Trinajstić information content (AvgIpc) is 3.11. The maximum atomic E-state index is 4.80. The van der Waals surface area contributed by atoms with Crippen molar-refractivity contribution in [1.29, 1.82) is 0 Å². The molecule has 1 fully saturated rings. The molecular formula is C21H24BrClN6. The van der Waals surface area contributed by atoms with Crippen molar-refractivity contribution in [3.8, 4) is 11.4 Å². The van der Waals surface area contributed by atoms with Gasteiger partial charge in [-0.2, -0.15) is 0 Å². The fraction of sp³-hybridized carbons (Fsp3) is 0.333. The van der Waals surface area contributed by atoms with Gasteiger partial charge in [0.15, 0.2) is 0 Å². The Morgan fingerprint density at radius 3 is 2.48 bits per heavy atom. The molecule has 29 heavy (non-hydrogen) atoms. The molecule has 3 aromatic rings. The van der Waals surface area contributed by atoms with Crippen molar-refractivity contribution in [3.05, 3.63) is 52.8 Å². The standard InChI is InChI=1S/C21H23BrN6.ClH/c1-26-10-12-27(13-11-26)17-4-2-16(3-5-17)24-21-23-14-15-8-9-28-18(20(15)25-21)6-7-19(28)22;/h2-7,14H,8-13H2,1H3,(H,23,24,25);1H. The van der Waals surface area contributed by atoms with Crippen LogP contribution in [0.3, 0.4) is 0 Å². The number of halogens is 2. The van der Waals surface area contributed by atoms with Crippen LogP contribution in [-0.4, -0.2) is 52.7 Å². The number of benzene rings is 1. The highest BCUT2D eigenvalue weighted by Crippen LogP contribution is 2.32. The molecular weight excluding hydrogens is 452 g/mol. The minimum absolute atomic E-state index is 0. The third kappa shape index (κ3) is 3.99. The SMILES string of the molecule is CN1CCN(c2ccc(Nc3ncc4c(n3)-c3ccc(Br)n3CC4)cc2)CC1.Cl. The van der Waals surface area contributed by atoms with E-state index in [9.17, 15) is 0 Å². The molecule has 1 aromatic carbocycles. The Morgan fingerprint density at radius 2 is 1.72 bits per heavy atom. The molecule has 0 saturated carbocycles. The molecule has 0 radical (unpaired) electrons. The van der Waals surface area contributed by atoms with E-state index in [0.717, 1.165) is 60.8 Å². The van der Waals surface area contributed by atoms with Crippen molar-refractivity contribution in [1.82, 2.24) is 19.4 Å². The van der Waals surface area contributed by atoms with E-state index in [1.807, 2.05) is 6.20 Å². The molecule has 1 saturated heterocycles. The second kappa shape index (κ2) is 8.34. The van der Waals surface area contributed by atoms with E-state index in [4.69, 9.17) is 4.98 Å². The summed E-state index contributed by atoms with van der Waals surface area (Å²) >= 11 is 3.62. The number of anilines is 3. The van der Waals surface area contributed by atoms with E-state index in [0.29, 0.717) is 5.95 Å².